The highest BCUT2D eigenvalue weighted by molar-refractivity contribution is 8.15. The van der Waals surface area contributed by atoms with Crippen LogP contribution >= 0.6 is 23.4 Å². The summed E-state index contributed by atoms with van der Waals surface area (Å²) in [5.74, 6) is -0.444. The monoisotopic (exact) mass is 339 g/mol. The molecule has 0 saturated carbocycles. The van der Waals surface area contributed by atoms with Gasteiger partial charge in [0.25, 0.3) is 0 Å². The quantitative estimate of drug-likeness (QED) is 0.889. The van der Waals surface area contributed by atoms with Gasteiger partial charge in [0, 0.05) is 6.42 Å². The van der Waals surface area contributed by atoms with Gasteiger partial charge < -0.3 is 10.6 Å². The number of rotatable bonds is 3. The zero-order valence-electron chi connectivity index (χ0n) is 12.6. The average Bonchev–Trinajstić information content (AvgIpc) is 2.70. The van der Waals surface area contributed by atoms with E-state index in [1.54, 1.807) is 24.3 Å². The van der Waals surface area contributed by atoms with Crippen molar-refractivity contribution in [2.75, 3.05) is 5.32 Å². The highest BCUT2D eigenvalue weighted by Gasteiger charge is 2.32. The molecule has 2 amide bonds. The zero-order valence-corrected chi connectivity index (χ0v) is 14.2. The summed E-state index contributed by atoms with van der Waals surface area (Å²) in [4.78, 5) is 28.4. The number of para-hydroxylation sites is 1. The van der Waals surface area contributed by atoms with Gasteiger partial charge in [-0.2, -0.15) is 0 Å². The smallest absolute Gasteiger partial charge is 0.240 e. The fourth-order valence-corrected chi connectivity index (χ4v) is 3.17. The second-order valence-electron chi connectivity index (χ2n) is 5.92. The van der Waals surface area contributed by atoms with Gasteiger partial charge in [0.2, 0.25) is 11.8 Å². The lowest BCUT2D eigenvalue weighted by molar-refractivity contribution is -0.122. The summed E-state index contributed by atoms with van der Waals surface area (Å²) < 4.78 is 0. The van der Waals surface area contributed by atoms with Crippen LogP contribution in [0.15, 0.2) is 29.3 Å². The van der Waals surface area contributed by atoms with Crippen LogP contribution in [-0.4, -0.2) is 27.8 Å². The first kappa shape index (κ1) is 16.8. The van der Waals surface area contributed by atoms with E-state index in [-0.39, 0.29) is 23.8 Å². The molecule has 0 bridgehead atoms. The van der Waals surface area contributed by atoms with Crippen LogP contribution in [0, 0.1) is 0 Å². The second-order valence-corrected chi connectivity index (χ2v) is 7.51. The number of amides is 2. The van der Waals surface area contributed by atoms with Crippen molar-refractivity contribution in [2.45, 2.75) is 38.0 Å². The van der Waals surface area contributed by atoms with Crippen molar-refractivity contribution in [3.8, 4) is 0 Å². The van der Waals surface area contributed by atoms with Crippen molar-refractivity contribution in [3.05, 3.63) is 29.3 Å². The molecule has 1 atom stereocenters. The highest BCUT2D eigenvalue weighted by atomic mass is 35.5. The molecule has 7 heteroatoms. The van der Waals surface area contributed by atoms with E-state index in [0.29, 0.717) is 15.9 Å². The zero-order chi connectivity index (χ0) is 16.3. The van der Waals surface area contributed by atoms with Crippen molar-refractivity contribution in [1.29, 1.82) is 0 Å². The summed E-state index contributed by atoms with van der Waals surface area (Å²) >= 11 is 7.28. The number of halogens is 1. The van der Waals surface area contributed by atoms with Gasteiger partial charge in [0.05, 0.1) is 16.2 Å². The highest BCUT2D eigenvalue weighted by Crippen LogP contribution is 2.26. The SMILES string of the molecule is CC(C)(C)N=C1NC(=O)[C@H](CC(=O)Nc2ccccc2Cl)S1. The van der Waals surface area contributed by atoms with Gasteiger partial charge in [-0.3, -0.25) is 14.6 Å². The maximum atomic E-state index is 12.1. The number of anilines is 1. The fraction of sp³-hybridized carbons (Fsp3) is 0.400. The lowest BCUT2D eigenvalue weighted by Gasteiger charge is -2.12. The number of amidine groups is 1. The first-order valence-electron chi connectivity index (χ1n) is 6.86. The van der Waals surface area contributed by atoms with Crippen molar-refractivity contribution in [3.63, 3.8) is 0 Å². The second kappa shape index (κ2) is 6.71. The topological polar surface area (TPSA) is 70.6 Å². The van der Waals surface area contributed by atoms with Gasteiger partial charge >= 0.3 is 0 Å². The molecule has 118 valence electrons. The first-order valence-corrected chi connectivity index (χ1v) is 8.12. The maximum Gasteiger partial charge on any atom is 0.240 e. The van der Waals surface area contributed by atoms with E-state index in [4.69, 9.17) is 11.6 Å². The summed E-state index contributed by atoms with van der Waals surface area (Å²) in [6.07, 6.45) is 0.0743. The number of nitrogens with one attached hydrogen (secondary N) is 2. The van der Waals surface area contributed by atoms with E-state index in [2.05, 4.69) is 15.6 Å². The van der Waals surface area contributed by atoms with Gasteiger partial charge in [-0.1, -0.05) is 35.5 Å². The maximum absolute atomic E-state index is 12.1. The molecule has 1 aromatic rings. The molecule has 2 N–H and O–H groups in total. The molecule has 0 spiro atoms. The van der Waals surface area contributed by atoms with Crippen molar-refractivity contribution < 1.29 is 9.59 Å². The van der Waals surface area contributed by atoms with E-state index < -0.39 is 5.25 Å². The molecule has 0 unspecified atom stereocenters. The van der Waals surface area contributed by atoms with Crippen LogP contribution in [-0.2, 0) is 9.59 Å². The third-order valence-corrected chi connectivity index (χ3v) is 4.14. The molecule has 2 rings (SSSR count). The van der Waals surface area contributed by atoms with Gasteiger partial charge in [0.1, 0.15) is 5.25 Å². The number of thioether (sulfide) groups is 1. The van der Waals surface area contributed by atoms with Crippen molar-refractivity contribution >= 4 is 46.0 Å². The predicted molar refractivity (Wildman–Crippen MR) is 91.4 cm³/mol. The Morgan fingerprint density at radius 1 is 1.41 bits per heavy atom. The lowest BCUT2D eigenvalue weighted by atomic mass is 10.1. The van der Waals surface area contributed by atoms with E-state index >= 15 is 0 Å². The van der Waals surface area contributed by atoms with E-state index in [1.165, 1.54) is 11.8 Å². The van der Waals surface area contributed by atoms with E-state index in [1.807, 2.05) is 20.8 Å². The Hall–Kier alpha value is -1.53. The number of hydrogen-bond donors (Lipinski definition) is 2. The Morgan fingerprint density at radius 3 is 2.73 bits per heavy atom. The molecule has 1 heterocycles. The molecular formula is C15H18ClN3O2S. The molecule has 1 aliphatic heterocycles. The number of nitrogens with zero attached hydrogens (tertiary/aromatic N) is 1. The van der Waals surface area contributed by atoms with E-state index in [0.717, 1.165) is 0 Å². The standard InChI is InChI=1S/C15H18ClN3O2S/c1-15(2,3)19-14-18-13(21)11(22-14)8-12(20)17-10-7-5-4-6-9(10)16/h4-7,11H,8H2,1-3H3,(H,17,20)(H,18,19,21)/t11-/m0/s1. The van der Waals surface area contributed by atoms with Crippen LogP contribution in [0.25, 0.3) is 0 Å². The summed E-state index contributed by atoms with van der Waals surface area (Å²) in [6, 6.07) is 6.98. The molecule has 1 saturated heterocycles. The van der Waals surface area contributed by atoms with Crippen LogP contribution in [0.2, 0.25) is 5.02 Å². The van der Waals surface area contributed by atoms with Crippen LogP contribution < -0.4 is 10.6 Å². The average molecular weight is 340 g/mol. The minimum atomic E-state index is -0.469. The van der Waals surface area contributed by atoms with Crippen molar-refractivity contribution in [1.82, 2.24) is 5.32 Å². The Balaban J connectivity index is 1.97. The predicted octanol–water partition coefficient (Wildman–Crippen LogP) is 3.05. The Kier molecular flexibility index (Phi) is 5.13. The molecule has 22 heavy (non-hydrogen) atoms. The first-order chi connectivity index (χ1) is 10.2. The van der Waals surface area contributed by atoms with Crippen LogP contribution in [0.1, 0.15) is 27.2 Å². The third-order valence-electron chi connectivity index (χ3n) is 2.73. The molecule has 0 aromatic heterocycles. The number of carbonyl (C=O) groups excluding carboxylic acids is 2. The lowest BCUT2D eigenvalue weighted by Crippen LogP contribution is -2.28. The third kappa shape index (κ3) is 4.74. The van der Waals surface area contributed by atoms with Crippen LogP contribution in [0.4, 0.5) is 5.69 Å². The summed E-state index contributed by atoms with van der Waals surface area (Å²) in [7, 11) is 0. The molecule has 5 nitrogen and oxygen atoms in total. The summed E-state index contributed by atoms with van der Waals surface area (Å²) in [6.45, 7) is 5.85. The van der Waals surface area contributed by atoms with Crippen LogP contribution in [0.5, 0.6) is 0 Å². The molecule has 0 radical (unpaired) electrons. The molecule has 0 aliphatic carbocycles. The van der Waals surface area contributed by atoms with Gasteiger partial charge in [-0.05, 0) is 32.9 Å². The van der Waals surface area contributed by atoms with Gasteiger partial charge in [-0.15, -0.1) is 0 Å². The van der Waals surface area contributed by atoms with Crippen molar-refractivity contribution in [2.24, 2.45) is 4.99 Å². The summed E-state index contributed by atoms with van der Waals surface area (Å²) in [5, 5.41) is 5.99. The number of carbonyl (C=O) groups is 2. The number of hydrogen-bond acceptors (Lipinski definition) is 4. The minimum Gasteiger partial charge on any atom is -0.325 e. The Bertz CT molecular complexity index is 625. The largest absolute Gasteiger partial charge is 0.325 e. The number of benzene rings is 1. The minimum absolute atomic E-state index is 0.0743. The van der Waals surface area contributed by atoms with E-state index in [9.17, 15) is 9.59 Å². The van der Waals surface area contributed by atoms with Gasteiger partial charge in [-0.25, -0.2) is 0 Å². The van der Waals surface area contributed by atoms with Crippen LogP contribution in [0.3, 0.4) is 0 Å². The molecule has 1 aromatic carbocycles. The molecule has 1 fully saturated rings. The fourth-order valence-electron chi connectivity index (χ4n) is 1.83. The molecule has 1 aliphatic rings. The Labute approximate surface area is 138 Å². The molecular weight excluding hydrogens is 322 g/mol. The normalized spacial score (nSPS) is 20.1. The van der Waals surface area contributed by atoms with Gasteiger partial charge in [0.15, 0.2) is 5.17 Å². The summed E-state index contributed by atoms with van der Waals surface area (Å²) in [5.41, 5.74) is 0.269. The Morgan fingerprint density at radius 2 is 2.09 bits per heavy atom. The number of aliphatic imine (C=N–C) groups is 1.